The van der Waals surface area contributed by atoms with E-state index in [0.717, 1.165) is 30.2 Å². The molecule has 2 amide bonds. The quantitative estimate of drug-likeness (QED) is 0.733. The van der Waals surface area contributed by atoms with Gasteiger partial charge in [-0.15, -0.1) is 11.3 Å². The Kier molecular flexibility index (Phi) is 6.10. The Morgan fingerprint density at radius 1 is 1.30 bits per heavy atom. The number of oxime groups is 1. The maximum absolute atomic E-state index is 12.3. The molecule has 2 aliphatic heterocycles. The lowest BCUT2D eigenvalue weighted by molar-refractivity contribution is 0.0920. The van der Waals surface area contributed by atoms with Crippen LogP contribution in [-0.4, -0.2) is 61.6 Å². The molecular formula is C20H21ClN4O4S. The summed E-state index contributed by atoms with van der Waals surface area (Å²) in [7, 11) is 0. The number of rotatable bonds is 6. The topological polar surface area (TPSA) is 83.5 Å². The first kappa shape index (κ1) is 20.5. The third kappa shape index (κ3) is 4.36. The third-order valence-corrected chi connectivity index (χ3v) is 6.11. The van der Waals surface area contributed by atoms with E-state index in [1.807, 2.05) is 24.3 Å². The van der Waals surface area contributed by atoms with Crippen molar-refractivity contribution < 1.29 is 19.2 Å². The highest BCUT2D eigenvalue weighted by Crippen LogP contribution is 2.24. The predicted octanol–water partition coefficient (Wildman–Crippen LogP) is 3.17. The lowest BCUT2D eigenvalue weighted by Gasteiger charge is -2.27. The Bertz CT molecular complexity index is 962. The Morgan fingerprint density at radius 3 is 2.80 bits per heavy atom. The molecule has 1 aromatic carbocycles. The van der Waals surface area contributed by atoms with Gasteiger partial charge in [0.05, 0.1) is 28.8 Å². The summed E-state index contributed by atoms with van der Waals surface area (Å²) in [6, 6.07) is 10.9. The second-order valence-electron chi connectivity index (χ2n) is 6.80. The molecule has 0 unspecified atom stereocenters. The molecule has 30 heavy (non-hydrogen) atoms. The molecule has 3 heterocycles. The van der Waals surface area contributed by atoms with Crippen LogP contribution < -0.4 is 10.2 Å². The van der Waals surface area contributed by atoms with Crippen molar-refractivity contribution in [1.82, 2.24) is 10.2 Å². The number of hydrogen-bond acceptors (Lipinski definition) is 7. The van der Waals surface area contributed by atoms with Crippen molar-refractivity contribution in [2.45, 2.75) is 13.0 Å². The van der Waals surface area contributed by atoms with E-state index in [1.165, 1.54) is 11.3 Å². The second kappa shape index (κ2) is 8.93. The molecule has 1 N–H and O–H groups in total. The fraction of sp³-hybridized carbons (Fsp3) is 0.350. The molecule has 1 atom stereocenters. The second-order valence-corrected chi connectivity index (χ2v) is 8.52. The number of hydrogen-bond donors (Lipinski definition) is 1. The molecule has 1 fully saturated rings. The van der Waals surface area contributed by atoms with Gasteiger partial charge in [-0.1, -0.05) is 16.8 Å². The van der Waals surface area contributed by atoms with Gasteiger partial charge in [0.25, 0.3) is 5.91 Å². The highest BCUT2D eigenvalue weighted by molar-refractivity contribution is 7.18. The van der Waals surface area contributed by atoms with Crippen LogP contribution in [0.2, 0.25) is 4.34 Å². The van der Waals surface area contributed by atoms with Crippen LogP contribution in [0, 0.1) is 0 Å². The van der Waals surface area contributed by atoms with Gasteiger partial charge in [0.1, 0.15) is 12.7 Å². The van der Waals surface area contributed by atoms with Gasteiger partial charge >= 0.3 is 6.09 Å². The van der Waals surface area contributed by atoms with Crippen molar-refractivity contribution in [3.05, 3.63) is 51.2 Å². The minimum atomic E-state index is -0.435. The van der Waals surface area contributed by atoms with Crippen molar-refractivity contribution in [1.29, 1.82) is 0 Å². The molecule has 0 aliphatic carbocycles. The number of carbonyl (C=O) groups is 2. The fourth-order valence-electron chi connectivity index (χ4n) is 3.32. The summed E-state index contributed by atoms with van der Waals surface area (Å²) in [5, 5.41) is 6.95. The first-order chi connectivity index (χ1) is 14.5. The normalized spacial score (nSPS) is 18.7. The van der Waals surface area contributed by atoms with Gasteiger partial charge in [0, 0.05) is 17.8 Å². The zero-order valence-corrected chi connectivity index (χ0v) is 17.9. The van der Waals surface area contributed by atoms with Crippen LogP contribution in [0.25, 0.3) is 0 Å². The summed E-state index contributed by atoms with van der Waals surface area (Å²) in [6.45, 7) is 4.87. The van der Waals surface area contributed by atoms with E-state index >= 15 is 0 Å². The Balaban J connectivity index is 1.37. The van der Waals surface area contributed by atoms with Crippen LogP contribution in [0.5, 0.6) is 0 Å². The van der Waals surface area contributed by atoms with E-state index in [0.29, 0.717) is 22.4 Å². The minimum absolute atomic E-state index is 0.230. The van der Waals surface area contributed by atoms with E-state index in [4.69, 9.17) is 21.2 Å². The average Bonchev–Trinajstić information content (AvgIpc) is 3.37. The molecule has 0 radical (unpaired) electrons. The predicted molar refractivity (Wildman–Crippen MR) is 115 cm³/mol. The maximum Gasteiger partial charge on any atom is 0.414 e. The van der Waals surface area contributed by atoms with Crippen molar-refractivity contribution in [2.75, 3.05) is 37.7 Å². The minimum Gasteiger partial charge on any atom is -0.442 e. The zero-order chi connectivity index (χ0) is 21.1. The SMILES string of the molecule is CCN1CCON=C1c1ccc(N2C[C@H](CNC(=O)c3ccc(Cl)s3)OC2=O)cc1. The Labute approximate surface area is 183 Å². The summed E-state index contributed by atoms with van der Waals surface area (Å²) in [6.07, 6.45) is -0.863. The van der Waals surface area contributed by atoms with Gasteiger partial charge in [0.2, 0.25) is 0 Å². The van der Waals surface area contributed by atoms with Crippen LogP contribution in [0.1, 0.15) is 22.2 Å². The van der Waals surface area contributed by atoms with Gasteiger partial charge in [-0.05, 0) is 43.3 Å². The number of halogens is 1. The molecule has 1 saturated heterocycles. The summed E-state index contributed by atoms with van der Waals surface area (Å²) >= 11 is 7.06. The van der Waals surface area contributed by atoms with Crippen molar-refractivity contribution in [3.8, 4) is 0 Å². The van der Waals surface area contributed by atoms with Crippen molar-refractivity contribution in [3.63, 3.8) is 0 Å². The van der Waals surface area contributed by atoms with Gasteiger partial charge in [-0.2, -0.15) is 0 Å². The summed E-state index contributed by atoms with van der Waals surface area (Å²) in [4.78, 5) is 33.9. The molecule has 4 rings (SSSR count). The number of cyclic esters (lactones) is 1. The molecule has 2 aliphatic rings. The van der Waals surface area contributed by atoms with Crippen LogP contribution >= 0.6 is 22.9 Å². The number of thiophene rings is 1. The van der Waals surface area contributed by atoms with Crippen LogP contribution in [-0.2, 0) is 9.57 Å². The number of amides is 2. The molecule has 1 aromatic heterocycles. The summed E-state index contributed by atoms with van der Waals surface area (Å²) < 4.78 is 5.95. The van der Waals surface area contributed by atoms with Crippen LogP contribution in [0.3, 0.4) is 0 Å². The van der Waals surface area contributed by atoms with Crippen LogP contribution in [0.15, 0.2) is 41.6 Å². The van der Waals surface area contributed by atoms with Crippen molar-refractivity contribution in [2.24, 2.45) is 5.16 Å². The molecule has 0 bridgehead atoms. The summed E-state index contributed by atoms with van der Waals surface area (Å²) in [5.41, 5.74) is 1.65. The standard InChI is InChI=1S/C20H21ClN4O4S/c1-2-24-9-10-28-23-18(24)13-3-5-14(6-4-13)25-12-15(29-20(25)27)11-22-19(26)16-7-8-17(21)30-16/h3-8,15H,2,9-12H2,1H3,(H,22,26)/t15-/m0/s1. The van der Waals surface area contributed by atoms with Gasteiger partial charge in [-0.25, -0.2) is 4.79 Å². The molecule has 2 aromatic rings. The van der Waals surface area contributed by atoms with E-state index in [1.54, 1.807) is 17.0 Å². The zero-order valence-electron chi connectivity index (χ0n) is 16.3. The van der Waals surface area contributed by atoms with Gasteiger partial charge in [-0.3, -0.25) is 9.69 Å². The van der Waals surface area contributed by atoms with Crippen LogP contribution in [0.4, 0.5) is 10.5 Å². The number of nitrogens with zero attached hydrogens (tertiary/aromatic N) is 3. The molecule has 0 saturated carbocycles. The first-order valence-electron chi connectivity index (χ1n) is 9.62. The largest absolute Gasteiger partial charge is 0.442 e. The Morgan fingerprint density at radius 2 is 2.10 bits per heavy atom. The van der Waals surface area contributed by atoms with Gasteiger partial charge in [0.15, 0.2) is 5.84 Å². The maximum atomic E-state index is 12.3. The molecular weight excluding hydrogens is 428 g/mol. The highest BCUT2D eigenvalue weighted by atomic mass is 35.5. The first-order valence-corrected chi connectivity index (χ1v) is 10.8. The van der Waals surface area contributed by atoms with E-state index in [-0.39, 0.29) is 12.5 Å². The van der Waals surface area contributed by atoms with Crippen molar-refractivity contribution >= 4 is 46.5 Å². The fourth-order valence-corrected chi connectivity index (χ4v) is 4.28. The molecule has 10 heteroatoms. The number of amidine groups is 1. The van der Waals surface area contributed by atoms with E-state index in [9.17, 15) is 9.59 Å². The number of anilines is 1. The number of benzene rings is 1. The lowest BCUT2D eigenvalue weighted by atomic mass is 10.1. The van der Waals surface area contributed by atoms with E-state index < -0.39 is 12.2 Å². The summed E-state index contributed by atoms with van der Waals surface area (Å²) in [5.74, 6) is 0.551. The monoisotopic (exact) mass is 448 g/mol. The third-order valence-electron chi connectivity index (χ3n) is 4.88. The Hall–Kier alpha value is -2.78. The highest BCUT2D eigenvalue weighted by Gasteiger charge is 2.32. The number of likely N-dealkylation sites (N-methyl/N-ethyl adjacent to an activating group) is 1. The number of ether oxygens (including phenoxy) is 1. The molecule has 0 spiro atoms. The molecule has 8 nitrogen and oxygen atoms in total. The van der Waals surface area contributed by atoms with E-state index in [2.05, 4.69) is 22.3 Å². The number of nitrogens with one attached hydrogen (secondary N) is 1. The average molecular weight is 449 g/mol. The smallest absolute Gasteiger partial charge is 0.414 e. The number of carbonyl (C=O) groups excluding carboxylic acids is 2. The van der Waals surface area contributed by atoms with Gasteiger partial charge < -0.3 is 19.8 Å². The lowest BCUT2D eigenvalue weighted by Crippen LogP contribution is -2.37. The molecule has 158 valence electrons.